The Hall–Kier alpha value is -2.18. The molecule has 2 N–H and O–H groups in total. The Morgan fingerprint density at radius 2 is 1.20 bits per heavy atom. The topological polar surface area (TPSA) is 58.2 Å². The summed E-state index contributed by atoms with van der Waals surface area (Å²) < 4.78 is 27.1. The van der Waals surface area contributed by atoms with Crippen LogP contribution in [0.1, 0.15) is 19.3 Å². The third kappa shape index (κ3) is 5.99. The first-order valence-electron chi connectivity index (χ1n) is 7.35. The fraction of sp³-hybridized carbons (Fsp3) is 0.176. The van der Waals surface area contributed by atoms with Gasteiger partial charge in [-0.15, -0.1) is 0 Å². The van der Waals surface area contributed by atoms with Crippen molar-refractivity contribution in [3.8, 4) is 0 Å². The van der Waals surface area contributed by atoms with E-state index >= 15 is 0 Å². The molecule has 4 nitrogen and oxygen atoms in total. The Morgan fingerprint density at radius 3 is 1.56 bits per heavy atom. The molecule has 0 saturated heterocycles. The van der Waals surface area contributed by atoms with Gasteiger partial charge in [-0.3, -0.25) is 9.59 Å². The van der Waals surface area contributed by atoms with Crippen LogP contribution in [0.25, 0.3) is 0 Å². The highest BCUT2D eigenvalue weighted by atomic mass is 35.5. The van der Waals surface area contributed by atoms with Crippen molar-refractivity contribution in [2.75, 3.05) is 10.6 Å². The quantitative estimate of drug-likeness (QED) is 0.732. The summed E-state index contributed by atoms with van der Waals surface area (Å²) in [4.78, 5) is 23.5. The highest BCUT2D eigenvalue weighted by molar-refractivity contribution is 6.31. The van der Waals surface area contributed by atoms with Gasteiger partial charge in [0.15, 0.2) is 0 Å². The maximum Gasteiger partial charge on any atom is 0.224 e. The molecule has 2 aromatic rings. The lowest BCUT2D eigenvalue weighted by atomic mass is 10.2. The number of halogens is 4. The van der Waals surface area contributed by atoms with Gasteiger partial charge in [0, 0.05) is 22.9 Å². The molecule has 8 heteroatoms. The molecule has 0 bridgehead atoms. The molecule has 0 aliphatic rings. The van der Waals surface area contributed by atoms with Gasteiger partial charge < -0.3 is 10.6 Å². The van der Waals surface area contributed by atoms with E-state index in [0.717, 1.165) is 12.1 Å². The molecular weight excluding hydrogens is 373 g/mol. The van der Waals surface area contributed by atoms with Gasteiger partial charge in [-0.05, 0) is 42.8 Å². The minimum atomic E-state index is -0.642. The van der Waals surface area contributed by atoms with E-state index in [1.54, 1.807) is 0 Å². The molecule has 2 aromatic carbocycles. The van der Waals surface area contributed by atoms with Crippen LogP contribution in [-0.2, 0) is 9.59 Å². The van der Waals surface area contributed by atoms with Gasteiger partial charge in [0.2, 0.25) is 11.8 Å². The monoisotopic (exact) mass is 386 g/mol. The van der Waals surface area contributed by atoms with Crippen LogP contribution < -0.4 is 10.6 Å². The molecule has 0 aliphatic carbocycles. The molecule has 0 spiro atoms. The molecule has 0 atom stereocenters. The van der Waals surface area contributed by atoms with E-state index in [1.165, 1.54) is 24.3 Å². The lowest BCUT2D eigenvalue weighted by Crippen LogP contribution is -2.15. The van der Waals surface area contributed by atoms with Crippen LogP contribution in [0, 0.1) is 11.6 Å². The molecule has 0 fully saturated rings. The zero-order valence-corrected chi connectivity index (χ0v) is 14.4. The fourth-order valence-electron chi connectivity index (χ4n) is 2.02. The van der Waals surface area contributed by atoms with Crippen molar-refractivity contribution in [2.45, 2.75) is 19.3 Å². The number of amides is 2. The molecule has 25 heavy (non-hydrogen) atoms. The minimum Gasteiger partial charge on any atom is -0.324 e. The Labute approximate surface area is 153 Å². The van der Waals surface area contributed by atoms with E-state index in [9.17, 15) is 18.4 Å². The van der Waals surface area contributed by atoms with Crippen molar-refractivity contribution in [3.05, 3.63) is 58.1 Å². The van der Waals surface area contributed by atoms with Gasteiger partial charge in [-0.25, -0.2) is 8.78 Å². The summed E-state index contributed by atoms with van der Waals surface area (Å²) in [5.41, 5.74) is 0.0316. The van der Waals surface area contributed by atoms with Crippen LogP contribution in [0.4, 0.5) is 20.2 Å². The predicted octanol–water partition coefficient (Wildman–Crippen LogP) is 5.02. The Bertz CT molecular complexity index is 735. The van der Waals surface area contributed by atoms with Gasteiger partial charge in [-0.2, -0.15) is 0 Å². The fourth-order valence-corrected chi connectivity index (χ4v) is 2.33. The average molecular weight is 387 g/mol. The Kier molecular flexibility index (Phi) is 6.73. The van der Waals surface area contributed by atoms with E-state index in [1.807, 2.05) is 0 Å². The molecule has 0 unspecified atom stereocenters. The summed E-state index contributed by atoms with van der Waals surface area (Å²) in [6.07, 6.45) is 0.249. The second-order valence-corrected chi connectivity index (χ2v) is 6.07. The van der Waals surface area contributed by atoms with Gasteiger partial charge in [0.25, 0.3) is 0 Å². The van der Waals surface area contributed by atoms with Gasteiger partial charge >= 0.3 is 0 Å². The highest BCUT2D eigenvalue weighted by Gasteiger charge is 2.10. The Morgan fingerprint density at radius 1 is 0.800 bits per heavy atom. The highest BCUT2D eigenvalue weighted by Crippen LogP contribution is 2.20. The van der Waals surface area contributed by atoms with E-state index in [-0.39, 0.29) is 40.7 Å². The molecule has 2 amide bonds. The standard InChI is InChI=1S/C17H14Cl2F2N2O2/c18-10-4-6-14(12(20)8-10)22-16(24)2-1-3-17(25)23-15-7-5-11(19)9-13(15)21/h4-9H,1-3H2,(H,22,24)(H,23,25). The van der Waals surface area contributed by atoms with Crippen molar-refractivity contribution in [3.63, 3.8) is 0 Å². The van der Waals surface area contributed by atoms with Gasteiger partial charge in [0.1, 0.15) is 11.6 Å². The molecule has 2 rings (SSSR count). The maximum absolute atomic E-state index is 13.6. The average Bonchev–Trinajstić information content (AvgIpc) is 2.53. The predicted molar refractivity (Wildman–Crippen MR) is 93.9 cm³/mol. The maximum atomic E-state index is 13.6. The normalized spacial score (nSPS) is 10.4. The van der Waals surface area contributed by atoms with Crippen LogP contribution in [-0.4, -0.2) is 11.8 Å². The smallest absolute Gasteiger partial charge is 0.224 e. The molecule has 0 aliphatic heterocycles. The van der Waals surface area contributed by atoms with Crippen molar-refractivity contribution >= 4 is 46.4 Å². The first-order valence-corrected chi connectivity index (χ1v) is 8.10. The summed E-state index contributed by atoms with van der Waals surface area (Å²) in [5.74, 6) is -2.16. The summed E-state index contributed by atoms with van der Waals surface area (Å²) in [6, 6.07) is 7.79. The number of rotatable bonds is 6. The minimum absolute atomic E-state index is 0.0125. The number of carbonyl (C=O) groups excluding carboxylic acids is 2. The van der Waals surface area contributed by atoms with Crippen LogP contribution >= 0.6 is 23.2 Å². The van der Waals surface area contributed by atoms with E-state index in [4.69, 9.17) is 23.2 Å². The van der Waals surface area contributed by atoms with E-state index < -0.39 is 23.4 Å². The largest absolute Gasteiger partial charge is 0.324 e. The SMILES string of the molecule is O=C(CCCC(=O)Nc1ccc(Cl)cc1F)Nc1ccc(Cl)cc1F. The zero-order valence-electron chi connectivity index (χ0n) is 12.9. The number of nitrogens with one attached hydrogen (secondary N) is 2. The first-order chi connectivity index (χ1) is 11.8. The van der Waals surface area contributed by atoms with E-state index in [0.29, 0.717) is 0 Å². The molecule has 0 heterocycles. The lowest BCUT2D eigenvalue weighted by molar-refractivity contribution is -0.117. The molecular formula is C17H14Cl2F2N2O2. The van der Waals surface area contributed by atoms with Crippen molar-refractivity contribution in [1.82, 2.24) is 0 Å². The van der Waals surface area contributed by atoms with Crippen LogP contribution in [0.15, 0.2) is 36.4 Å². The van der Waals surface area contributed by atoms with Gasteiger partial charge in [0.05, 0.1) is 11.4 Å². The second-order valence-electron chi connectivity index (χ2n) is 5.20. The number of anilines is 2. The first kappa shape index (κ1) is 19.1. The van der Waals surface area contributed by atoms with E-state index in [2.05, 4.69) is 10.6 Å². The molecule has 0 saturated carbocycles. The number of hydrogen-bond acceptors (Lipinski definition) is 2. The summed E-state index contributed by atoms with van der Waals surface area (Å²) >= 11 is 11.3. The number of hydrogen-bond donors (Lipinski definition) is 2. The summed E-state index contributed by atoms with van der Waals surface area (Å²) in [5, 5.41) is 5.24. The summed E-state index contributed by atoms with van der Waals surface area (Å²) in [6.45, 7) is 0. The van der Waals surface area contributed by atoms with Crippen molar-refractivity contribution < 1.29 is 18.4 Å². The van der Waals surface area contributed by atoms with Crippen molar-refractivity contribution in [1.29, 1.82) is 0 Å². The zero-order chi connectivity index (χ0) is 18.4. The second kappa shape index (κ2) is 8.78. The van der Waals surface area contributed by atoms with Crippen LogP contribution in [0.2, 0.25) is 10.0 Å². The Balaban J connectivity index is 1.77. The van der Waals surface area contributed by atoms with Gasteiger partial charge in [-0.1, -0.05) is 23.2 Å². The number of benzene rings is 2. The third-order valence-electron chi connectivity index (χ3n) is 3.22. The number of carbonyl (C=O) groups is 2. The molecule has 0 aromatic heterocycles. The lowest BCUT2D eigenvalue weighted by Gasteiger charge is -2.08. The molecule has 132 valence electrons. The summed E-state index contributed by atoms with van der Waals surface area (Å²) in [7, 11) is 0. The van der Waals surface area contributed by atoms with Crippen LogP contribution in [0.3, 0.4) is 0 Å². The van der Waals surface area contributed by atoms with Crippen LogP contribution in [0.5, 0.6) is 0 Å². The molecule has 0 radical (unpaired) electrons. The third-order valence-corrected chi connectivity index (χ3v) is 3.69. The van der Waals surface area contributed by atoms with Crippen molar-refractivity contribution in [2.24, 2.45) is 0 Å².